The molecule has 5 heteroatoms. The highest BCUT2D eigenvalue weighted by Gasteiger charge is 2.33. The molecule has 2 aliphatic heterocycles. The molecule has 0 aromatic rings. The first-order chi connectivity index (χ1) is 8.22. The van der Waals surface area contributed by atoms with Gasteiger partial charge in [-0.15, -0.1) is 12.4 Å². The number of rotatable bonds is 3. The van der Waals surface area contributed by atoms with Gasteiger partial charge in [-0.05, 0) is 32.1 Å². The van der Waals surface area contributed by atoms with Gasteiger partial charge < -0.3 is 10.2 Å². The number of fused-ring (bicyclic) bond motifs is 2. The smallest absolute Gasteiger partial charge is 0.236 e. The normalized spacial score (nSPS) is 31.6. The van der Waals surface area contributed by atoms with Crippen LogP contribution in [0.1, 0.15) is 32.1 Å². The number of hydrogen-bond donors (Lipinski definition) is 1. The van der Waals surface area contributed by atoms with Gasteiger partial charge in [0.05, 0.1) is 6.54 Å². The van der Waals surface area contributed by atoms with E-state index in [4.69, 9.17) is 0 Å². The van der Waals surface area contributed by atoms with Crippen molar-refractivity contribution in [2.24, 2.45) is 0 Å². The quantitative estimate of drug-likeness (QED) is 0.828. The third-order valence-electron chi connectivity index (χ3n) is 4.45. The first kappa shape index (κ1) is 14.1. The van der Waals surface area contributed by atoms with Crippen molar-refractivity contribution in [3.8, 4) is 0 Å². The molecular formula is C13H24ClN3O. The molecule has 1 aliphatic carbocycles. The van der Waals surface area contributed by atoms with E-state index >= 15 is 0 Å². The summed E-state index contributed by atoms with van der Waals surface area (Å²) >= 11 is 0. The molecule has 1 amide bonds. The molecule has 2 atom stereocenters. The third kappa shape index (κ3) is 3.16. The van der Waals surface area contributed by atoms with E-state index in [2.05, 4.69) is 10.2 Å². The maximum Gasteiger partial charge on any atom is 0.236 e. The number of nitrogens with one attached hydrogen (secondary N) is 1. The first-order valence-corrected chi connectivity index (χ1v) is 6.96. The van der Waals surface area contributed by atoms with Crippen LogP contribution in [0.3, 0.4) is 0 Å². The summed E-state index contributed by atoms with van der Waals surface area (Å²) in [5, 5.41) is 3.65. The standard InChI is InChI=1S/C13H23N3O.ClH/c1-15(12-4-5-12)13(17)9-16-7-6-10-2-3-11(8-16)14-10;/h10-12,14H,2-9H2,1H3;1H. The highest BCUT2D eigenvalue weighted by molar-refractivity contribution is 5.85. The Hall–Kier alpha value is -0.320. The largest absolute Gasteiger partial charge is 0.342 e. The van der Waals surface area contributed by atoms with Crippen molar-refractivity contribution >= 4 is 18.3 Å². The minimum atomic E-state index is 0. The van der Waals surface area contributed by atoms with Crippen LogP contribution in [0.5, 0.6) is 0 Å². The van der Waals surface area contributed by atoms with Gasteiger partial charge in [-0.3, -0.25) is 9.69 Å². The summed E-state index contributed by atoms with van der Waals surface area (Å²) in [7, 11) is 1.96. The van der Waals surface area contributed by atoms with Gasteiger partial charge in [0.1, 0.15) is 0 Å². The number of likely N-dealkylation sites (tertiary alicyclic amines) is 1. The minimum Gasteiger partial charge on any atom is -0.342 e. The van der Waals surface area contributed by atoms with Gasteiger partial charge in [0, 0.05) is 38.3 Å². The number of amides is 1. The van der Waals surface area contributed by atoms with Crippen LogP contribution in [0.25, 0.3) is 0 Å². The van der Waals surface area contributed by atoms with Crippen LogP contribution in [0.4, 0.5) is 0 Å². The van der Waals surface area contributed by atoms with E-state index in [1.807, 2.05) is 11.9 Å². The van der Waals surface area contributed by atoms with Gasteiger partial charge >= 0.3 is 0 Å². The third-order valence-corrected chi connectivity index (χ3v) is 4.45. The van der Waals surface area contributed by atoms with Gasteiger partial charge in [0.2, 0.25) is 5.91 Å². The fraction of sp³-hybridized carbons (Fsp3) is 0.923. The molecule has 4 nitrogen and oxygen atoms in total. The highest BCUT2D eigenvalue weighted by atomic mass is 35.5. The van der Waals surface area contributed by atoms with E-state index in [1.165, 1.54) is 32.1 Å². The van der Waals surface area contributed by atoms with Crippen molar-refractivity contribution in [1.29, 1.82) is 0 Å². The number of nitrogens with zero attached hydrogens (tertiary/aromatic N) is 2. The van der Waals surface area contributed by atoms with Crippen LogP contribution in [0.15, 0.2) is 0 Å². The zero-order chi connectivity index (χ0) is 11.8. The lowest BCUT2D eigenvalue weighted by molar-refractivity contribution is -0.131. The summed E-state index contributed by atoms with van der Waals surface area (Å²) in [6, 6.07) is 1.88. The second-order valence-corrected chi connectivity index (χ2v) is 5.90. The van der Waals surface area contributed by atoms with Crippen molar-refractivity contribution < 1.29 is 4.79 Å². The molecule has 0 radical (unpaired) electrons. The second kappa shape index (κ2) is 5.76. The summed E-state index contributed by atoms with van der Waals surface area (Å²) in [5.74, 6) is 0.310. The molecule has 1 saturated carbocycles. The lowest BCUT2D eigenvalue weighted by atomic mass is 10.1. The second-order valence-electron chi connectivity index (χ2n) is 5.90. The van der Waals surface area contributed by atoms with Crippen molar-refractivity contribution in [3.05, 3.63) is 0 Å². The molecule has 2 heterocycles. The van der Waals surface area contributed by atoms with Crippen LogP contribution in [-0.2, 0) is 4.79 Å². The molecule has 3 fully saturated rings. The monoisotopic (exact) mass is 273 g/mol. The zero-order valence-electron chi connectivity index (χ0n) is 11.1. The molecule has 3 rings (SSSR count). The summed E-state index contributed by atoms with van der Waals surface area (Å²) < 4.78 is 0. The molecule has 104 valence electrons. The minimum absolute atomic E-state index is 0. The average Bonchev–Trinajstić information content (AvgIpc) is 3.06. The van der Waals surface area contributed by atoms with Gasteiger partial charge in [-0.25, -0.2) is 0 Å². The van der Waals surface area contributed by atoms with E-state index in [0.29, 0.717) is 30.6 Å². The molecule has 18 heavy (non-hydrogen) atoms. The average molecular weight is 274 g/mol. The number of hydrogen-bond acceptors (Lipinski definition) is 3. The van der Waals surface area contributed by atoms with E-state index in [9.17, 15) is 4.79 Å². The van der Waals surface area contributed by atoms with Gasteiger partial charge in [0.15, 0.2) is 0 Å². The van der Waals surface area contributed by atoms with Crippen LogP contribution >= 0.6 is 12.4 Å². The fourth-order valence-corrected chi connectivity index (χ4v) is 3.13. The van der Waals surface area contributed by atoms with Crippen LogP contribution in [0, 0.1) is 0 Å². The molecular weight excluding hydrogens is 250 g/mol. The molecule has 1 N–H and O–H groups in total. The predicted octanol–water partition coefficient (Wildman–Crippen LogP) is 0.855. The number of likely N-dealkylation sites (N-methyl/N-ethyl adjacent to an activating group) is 1. The lowest BCUT2D eigenvalue weighted by Crippen LogP contribution is -2.42. The number of carbonyl (C=O) groups is 1. The maximum absolute atomic E-state index is 12.1. The number of halogens is 1. The summed E-state index contributed by atoms with van der Waals surface area (Å²) in [6.07, 6.45) is 6.22. The van der Waals surface area contributed by atoms with Crippen molar-refractivity contribution in [2.45, 2.75) is 50.2 Å². The highest BCUT2D eigenvalue weighted by Crippen LogP contribution is 2.26. The molecule has 0 aromatic carbocycles. The SMILES string of the molecule is CN(C(=O)CN1CCC2CCC(C1)N2)C1CC1.Cl. The van der Waals surface area contributed by atoms with E-state index in [1.54, 1.807) is 0 Å². The zero-order valence-corrected chi connectivity index (χ0v) is 11.9. The predicted molar refractivity (Wildman–Crippen MR) is 74.0 cm³/mol. The molecule has 0 spiro atoms. The Morgan fingerprint density at radius 3 is 2.67 bits per heavy atom. The summed E-state index contributed by atoms with van der Waals surface area (Å²) in [5.41, 5.74) is 0. The fourth-order valence-electron chi connectivity index (χ4n) is 3.13. The maximum atomic E-state index is 12.1. The van der Waals surface area contributed by atoms with Crippen LogP contribution in [-0.4, -0.2) is 60.5 Å². The van der Waals surface area contributed by atoms with Crippen LogP contribution in [0.2, 0.25) is 0 Å². The molecule has 3 aliphatic rings. The van der Waals surface area contributed by atoms with Gasteiger partial charge in [-0.1, -0.05) is 0 Å². The Labute approximate surface area is 115 Å². The van der Waals surface area contributed by atoms with Crippen molar-refractivity contribution in [1.82, 2.24) is 15.1 Å². The van der Waals surface area contributed by atoms with Crippen LogP contribution < -0.4 is 5.32 Å². The Kier molecular flexibility index (Phi) is 4.51. The Bertz CT molecular complexity index is 309. The molecule has 2 bridgehead atoms. The summed E-state index contributed by atoms with van der Waals surface area (Å²) in [6.45, 7) is 2.76. The van der Waals surface area contributed by atoms with E-state index in [-0.39, 0.29) is 12.4 Å². The Balaban J connectivity index is 0.00000120. The van der Waals surface area contributed by atoms with Gasteiger partial charge in [-0.2, -0.15) is 0 Å². The molecule has 2 saturated heterocycles. The van der Waals surface area contributed by atoms with E-state index in [0.717, 1.165) is 13.1 Å². The summed E-state index contributed by atoms with van der Waals surface area (Å²) in [4.78, 5) is 16.4. The Morgan fingerprint density at radius 1 is 1.22 bits per heavy atom. The van der Waals surface area contributed by atoms with Crippen molar-refractivity contribution in [3.63, 3.8) is 0 Å². The first-order valence-electron chi connectivity index (χ1n) is 6.96. The lowest BCUT2D eigenvalue weighted by Gasteiger charge is -2.26. The number of carbonyl (C=O) groups excluding carboxylic acids is 1. The molecule has 0 aromatic heterocycles. The van der Waals surface area contributed by atoms with Gasteiger partial charge in [0.25, 0.3) is 0 Å². The van der Waals surface area contributed by atoms with E-state index < -0.39 is 0 Å². The topological polar surface area (TPSA) is 35.6 Å². The molecule has 2 unspecified atom stereocenters. The van der Waals surface area contributed by atoms with Crippen molar-refractivity contribution in [2.75, 3.05) is 26.7 Å². The Morgan fingerprint density at radius 2 is 1.94 bits per heavy atom.